The molecule has 0 amide bonds. The molecule has 0 bridgehead atoms. The number of nitrogens with zero attached hydrogens (tertiary/aromatic N) is 1. The molecule has 82 valence electrons. The lowest BCUT2D eigenvalue weighted by Gasteiger charge is -2.06. The first-order valence-corrected chi connectivity index (χ1v) is 4.63. The van der Waals surface area contributed by atoms with Gasteiger partial charge in [-0.3, -0.25) is 10.3 Å². The molecule has 0 unspecified atom stereocenters. The second-order valence-electron chi connectivity index (χ2n) is 3.11. The van der Waals surface area contributed by atoms with Crippen molar-refractivity contribution in [1.29, 1.82) is 0 Å². The van der Waals surface area contributed by atoms with Crippen molar-refractivity contribution in [2.24, 2.45) is 5.73 Å². The second kappa shape index (κ2) is 5.43. The van der Waals surface area contributed by atoms with Crippen molar-refractivity contribution in [3.05, 3.63) is 29.1 Å². The van der Waals surface area contributed by atoms with E-state index < -0.39 is 0 Å². The van der Waals surface area contributed by atoms with Crippen LogP contribution < -0.4 is 11.1 Å². The van der Waals surface area contributed by atoms with Gasteiger partial charge in [-0.2, -0.15) is 0 Å². The smallest absolute Gasteiger partial charge is 0.339 e. The molecule has 1 rings (SSSR count). The third kappa shape index (κ3) is 3.00. The van der Waals surface area contributed by atoms with Gasteiger partial charge in [0.15, 0.2) is 0 Å². The summed E-state index contributed by atoms with van der Waals surface area (Å²) >= 11 is 0. The number of ether oxygens (including phenoxy) is 1. The maximum atomic E-state index is 11.3. The Labute approximate surface area is 88.6 Å². The number of aromatic nitrogens is 1. The summed E-state index contributed by atoms with van der Waals surface area (Å²) in [7, 11) is 1.35. The molecule has 0 saturated heterocycles. The van der Waals surface area contributed by atoms with E-state index in [2.05, 4.69) is 15.0 Å². The maximum Gasteiger partial charge on any atom is 0.339 e. The molecular formula is C10H15N3O2. The fourth-order valence-corrected chi connectivity index (χ4v) is 1.23. The molecule has 0 atom stereocenters. The molecule has 0 saturated carbocycles. The third-order valence-electron chi connectivity index (χ3n) is 2.02. The van der Waals surface area contributed by atoms with E-state index in [1.165, 1.54) is 13.3 Å². The monoisotopic (exact) mass is 209 g/mol. The quantitative estimate of drug-likeness (QED) is 0.546. The minimum atomic E-state index is -0.363. The lowest BCUT2D eigenvalue weighted by molar-refractivity contribution is 0.0599. The number of carbonyl (C=O) groups is 1. The molecule has 0 aliphatic rings. The van der Waals surface area contributed by atoms with Gasteiger partial charge in [-0.25, -0.2) is 4.79 Å². The van der Waals surface area contributed by atoms with Crippen LogP contribution in [0.25, 0.3) is 0 Å². The molecule has 1 aromatic heterocycles. The van der Waals surface area contributed by atoms with Crippen LogP contribution in [0.2, 0.25) is 0 Å². The predicted octanol–water partition coefficient (Wildman–Crippen LogP) is 0.182. The van der Waals surface area contributed by atoms with Crippen molar-refractivity contribution in [1.82, 2.24) is 10.3 Å². The molecule has 0 aromatic carbocycles. The van der Waals surface area contributed by atoms with Crippen LogP contribution in [0.4, 0.5) is 0 Å². The van der Waals surface area contributed by atoms with Gasteiger partial charge in [0, 0.05) is 19.4 Å². The third-order valence-corrected chi connectivity index (χ3v) is 2.02. The Kier molecular flexibility index (Phi) is 4.20. The van der Waals surface area contributed by atoms with Crippen LogP contribution in [-0.4, -0.2) is 24.7 Å². The number of hydrogen-bond acceptors (Lipinski definition) is 5. The molecule has 5 heteroatoms. The van der Waals surface area contributed by atoms with Crippen molar-refractivity contribution in [3.8, 4) is 0 Å². The average molecular weight is 209 g/mol. The predicted molar refractivity (Wildman–Crippen MR) is 56.2 cm³/mol. The Hall–Kier alpha value is -1.46. The normalized spacial score (nSPS) is 10.1. The van der Waals surface area contributed by atoms with Crippen LogP contribution in [0.1, 0.15) is 21.6 Å². The number of aryl methyl sites for hydroxylation is 1. The standard InChI is InChI=1S/C10H15N3O2/c1-7-3-8(4-12-6-11)13-5-9(7)10(14)15-2/h3,5,12H,4,6,11H2,1-2H3. The Morgan fingerprint density at radius 3 is 2.93 bits per heavy atom. The first kappa shape index (κ1) is 11.6. The van der Waals surface area contributed by atoms with Gasteiger partial charge < -0.3 is 10.5 Å². The molecule has 0 radical (unpaired) electrons. The number of rotatable bonds is 4. The summed E-state index contributed by atoms with van der Waals surface area (Å²) in [4.78, 5) is 15.4. The second-order valence-corrected chi connectivity index (χ2v) is 3.11. The molecule has 1 heterocycles. The average Bonchev–Trinajstić information content (AvgIpc) is 2.25. The summed E-state index contributed by atoms with van der Waals surface area (Å²) in [5.41, 5.74) is 7.50. The number of hydrogen-bond donors (Lipinski definition) is 2. The van der Waals surface area contributed by atoms with Crippen LogP contribution in [0.3, 0.4) is 0 Å². The lowest BCUT2D eigenvalue weighted by Crippen LogP contribution is -2.22. The highest BCUT2D eigenvalue weighted by molar-refractivity contribution is 5.90. The lowest BCUT2D eigenvalue weighted by atomic mass is 10.1. The zero-order valence-corrected chi connectivity index (χ0v) is 8.91. The fourth-order valence-electron chi connectivity index (χ4n) is 1.23. The van der Waals surface area contributed by atoms with E-state index in [0.717, 1.165) is 11.3 Å². The minimum absolute atomic E-state index is 0.363. The molecule has 0 aliphatic carbocycles. The highest BCUT2D eigenvalue weighted by atomic mass is 16.5. The number of pyridine rings is 1. The van der Waals surface area contributed by atoms with Crippen molar-refractivity contribution >= 4 is 5.97 Å². The Balaban J connectivity index is 2.83. The van der Waals surface area contributed by atoms with Crippen molar-refractivity contribution in [3.63, 3.8) is 0 Å². The Bertz CT molecular complexity index is 353. The van der Waals surface area contributed by atoms with Crippen LogP contribution in [0.5, 0.6) is 0 Å². The van der Waals surface area contributed by atoms with Gasteiger partial charge in [0.25, 0.3) is 0 Å². The minimum Gasteiger partial charge on any atom is -0.465 e. The topological polar surface area (TPSA) is 77.2 Å². The molecule has 5 nitrogen and oxygen atoms in total. The zero-order valence-electron chi connectivity index (χ0n) is 8.91. The molecule has 0 fully saturated rings. The summed E-state index contributed by atoms with van der Waals surface area (Å²) in [6.07, 6.45) is 1.52. The number of methoxy groups -OCH3 is 1. The van der Waals surface area contributed by atoms with E-state index in [0.29, 0.717) is 18.8 Å². The molecule has 3 N–H and O–H groups in total. The largest absolute Gasteiger partial charge is 0.465 e. The van der Waals surface area contributed by atoms with Crippen LogP contribution in [0, 0.1) is 6.92 Å². The van der Waals surface area contributed by atoms with Gasteiger partial charge in [0.1, 0.15) is 0 Å². The first-order chi connectivity index (χ1) is 7.19. The Morgan fingerprint density at radius 2 is 2.40 bits per heavy atom. The van der Waals surface area contributed by atoms with Gasteiger partial charge in [0.2, 0.25) is 0 Å². The van der Waals surface area contributed by atoms with E-state index in [4.69, 9.17) is 5.73 Å². The van der Waals surface area contributed by atoms with E-state index in [9.17, 15) is 4.79 Å². The summed E-state index contributed by atoms with van der Waals surface area (Å²) < 4.78 is 4.62. The van der Waals surface area contributed by atoms with Crippen LogP contribution in [0.15, 0.2) is 12.3 Å². The van der Waals surface area contributed by atoms with E-state index >= 15 is 0 Å². The number of esters is 1. The van der Waals surface area contributed by atoms with Crippen molar-refractivity contribution in [2.75, 3.05) is 13.8 Å². The maximum absolute atomic E-state index is 11.3. The summed E-state index contributed by atoms with van der Waals surface area (Å²) in [6, 6.07) is 1.84. The highest BCUT2D eigenvalue weighted by Crippen LogP contribution is 2.09. The van der Waals surface area contributed by atoms with E-state index in [1.54, 1.807) is 0 Å². The SMILES string of the molecule is COC(=O)c1cnc(CNCN)cc1C. The van der Waals surface area contributed by atoms with Gasteiger partial charge in [-0.05, 0) is 18.6 Å². The highest BCUT2D eigenvalue weighted by Gasteiger charge is 2.09. The first-order valence-electron chi connectivity index (χ1n) is 4.63. The summed E-state index contributed by atoms with van der Waals surface area (Å²) in [6.45, 7) is 2.85. The molecule has 15 heavy (non-hydrogen) atoms. The summed E-state index contributed by atoms with van der Waals surface area (Å²) in [5.74, 6) is -0.363. The van der Waals surface area contributed by atoms with Crippen molar-refractivity contribution in [2.45, 2.75) is 13.5 Å². The molecule has 0 spiro atoms. The van der Waals surface area contributed by atoms with Crippen molar-refractivity contribution < 1.29 is 9.53 Å². The number of nitrogens with one attached hydrogen (secondary N) is 1. The van der Waals surface area contributed by atoms with E-state index in [-0.39, 0.29) is 5.97 Å². The summed E-state index contributed by atoms with van der Waals surface area (Å²) in [5, 5.41) is 2.95. The van der Waals surface area contributed by atoms with Gasteiger partial charge >= 0.3 is 5.97 Å². The fraction of sp³-hybridized carbons (Fsp3) is 0.400. The van der Waals surface area contributed by atoms with Gasteiger partial charge in [-0.1, -0.05) is 0 Å². The molecular weight excluding hydrogens is 194 g/mol. The zero-order chi connectivity index (χ0) is 11.3. The molecule has 0 aliphatic heterocycles. The number of nitrogens with two attached hydrogens (primary N) is 1. The van der Waals surface area contributed by atoms with Gasteiger partial charge in [-0.15, -0.1) is 0 Å². The van der Waals surface area contributed by atoms with Crippen LogP contribution in [-0.2, 0) is 11.3 Å². The number of carbonyl (C=O) groups excluding carboxylic acids is 1. The molecule has 1 aromatic rings. The van der Waals surface area contributed by atoms with Gasteiger partial charge in [0.05, 0.1) is 18.4 Å². The van der Waals surface area contributed by atoms with E-state index in [1.807, 2.05) is 13.0 Å². The van der Waals surface area contributed by atoms with Crippen LogP contribution >= 0.6 is 0 Å². The Morgan fingerprint density at radius 1 is 1.67 bits per heavy atom.